The Morgan fingerprint density at radius 3 is 2.52 bits per heavy atom. The molecule has 1 amide bonds. The molecule has 3 rings (SSSR count). The number of carbonyl (C=O) groups is 1. The first-order valence-electron chi connectivity index (χ1n) is 7.96. The standard InChI is InChI=1S/C18H22N4O/c1-14(23)22(16-5-3-2-4-6-16)17-8-11-21(12-9-17)18-13-15(19)7-10-20-18/h2-7,10,13,17H,8-9,11-12H2,1H3,(H2,19,20). The van der Waals surface area contributed by atoms with Crippen LogP contribution in [0.4, 0.5) is 17.2 Å². The fourth-order valence-corrected chi connectivity index (χ4v) is 3.20. The van der Waals surface area contributed by atoms with Crippen molar-refractivity contribution in [3.8, 4) is 0 Å². The molecule has 0 aliphatic carbocycles. The van der Waals surface area contributed by atoms with Crippen LogP contribution in [0.1, 0.15) is 19.8 Å². The van der Waals surface area contributed by atoms with Gasteiger partial charge in [-0.2, -0.15) is 0 Å². The first-order chi connectivity index (χ1) is 11.1. The van der Waals surface area contributed by atoms with Crippen molar-refractivity contribution in [3.63, 3.8) is 0 Å². The Labute approximate surface area is 136 Å². The van der Waals surface area contributed by atoms with Crippen molar-refractivity contribution in [1.29, 1.82) is 0 Å². The quantitative estimate of drug-likeness (QED) is 0.947. The molecule has 0 atom stereocenters. The summed E-state index contributed by atoms with van der Waals surface area (Å²) in [7, 11) is 0. The van der Waals surface area contributed by atoms with E-state index in [9.17, 15) is 4.79 Å². The molecule has 2 aromatic rings. The lowest BCUT2D eigenvalue weighted by atomic mass is 10.0. The molecule has 0 saturated carbocycles. The van der Waals surface area contributed by atoms with Crippen molar-refractivity contribution in [3.05, 3.63) is 48.7 Å². The zero-order valence-electron chi connectivity index (χ0n) is 13.4. The Morgan fingerprint density at radius 1 is 1.22 bits per heavy atom. The lowest BCUT2D eigenvalue weighted by Crippen LogP contribution is -2.47. The van der Waals surface area contributed by atoms with Gasteiger partial charge in [0.25, 0.3) is 0 Å². The van der Waals surface area contributed by atoms with E-state index in [0.29, 0.717) is 0 Å². The number of rotatable bonds is 3. The van der Waals surface area contributed by atoms with Gasteiger partial charge in [-0.25, -0.2) is 4.98 Å². The summed E-state index contributed by atoms with van der Waals surface area (Å²) in [5.41, 5.74) is 7.54. The number of pyridine rings is 1. The second kappa shape index (κ2) is 6.69. The lowest BCUT2D eigenvalue weighted by Gasteiger charge is -2.38. The minimum Gasteiger partial charge on any atom is -0.399 e. The van der Waals surface area contributed by atoms with Crippen molar-refractivity contribution in [2.24, 2.45) is 0 Å². The highest BCUT2D eigenvalue weighted by atomic mass is 16.2. The smallest absolute Gasteiger partial charge is 0.224 e. The van der Waals surface area contributed by atoms with E-state index in [-0.39, 0.29) is 11.9 Å². The van der Waals surface area contributed by atoms with Crippen LogP contribution in [-0.4, -0.2) is 30.0 Å². The van der Waals surface area contributed by atoms with Crippen molar-refractivity contribution in [2.75, 3.05) is 28.6 Å². The van der Waals surface area contributed by atoms with Crippen LogP contribution in [0.2, 0.25) is 0 Å². The van der Waals surface area contributed by atoms with E-state index in [1.807, 2.05) is 41.3 Å². The average Bonchev–Trinajstić information content (AvgIpc) is 2.56. The number of hydrogen-bond donors (Lipinski definition) is 1. The van der Waals surface area contributed by atoms with Gasteiger partial charge in [0.05, 0.1) is 0 Å². The van der Waals surface area contributed by atoms with Crippen LogP contribution in [0.3, 0.4) is 0 Å². The third kappa shape index (κ3) is 3.44. The number of carbonyl (C=O) groups excluding carboxylic acids is 1. The van der Waals surface area contributed by atoms with Crippen molar-refractivity contribution < 1.29 is 4.79 Å². The van der Waals surface area contributed by atoms with Crippen LogP contribution >= 0.6 is 0 Å². The van der Waals surface area contributed by atoms with Gasteiger partial charge in [0.15, 0.2) is 0 Å². The summed E-state index contributed by atoms with van der Waals surface area (Å²) in [5.74, 6) is 1.01. The van der Waals surface area contributed by atoms with Gasteiger partial charge in [-0.1, -0.05) is 18.2 Å². The van der Waals surface area contributed by atoms with Gasteiger partial charge in [-0.15, -0.1) is 0 Å². The maximum atomic E-state index is 12.1. The molecule has 0 bridgehead atoms. The fraction of sp³-hybridized carbons (Fsp3) is 0.333. The minimum atomic E-state index is 0.0942. The van der Waals surface area contributed by atoms with E-state index in [1.54, 1.807) is 19.2 Å². The van der Waals surface area contributed by atoms with Gasteiger partial charge in [0.1, 0.15) is 5.82 Å². The highest BCUT2D eigenvalue weighted by molar-refractivity contribution is 5.92. The molecule has 23 heavy (non-hydrogen) atoms. The van der Waals surface area contributed by atoms with Crippen LogP contribution in [0.15, 0.2) is 48.7 Å². The van der Waals surface area contributed by atoms with Crippen molar-refractivity contribution >= 4 is 23.1 Å². The number of nitrogens with zero attached hydrogens (tertiary/aromatic N) is 3. The normalized spacial score (nSPS) is 15.4. The minimum absolute atomic E-state index is 0.0942. The number of nitrogen functional groups attached to an aromatic ring is 1. The lowest BCUT2D eigenvalue weighted by molar-refractivity contribution is -0.117. The molecule has 0 unspecified atom stereocenters. The molecule has 1 aromatic carbocycles. The maximum Gasteiger partial charge on any atom is 0.224 e. The maximum absolute atomic E-state index is 12.1. The Bertz CT molecular complexity index is 666. The predicted octanol–water partition coefficient (Wildman–Crippen LogP) is 2.69. The summed E-state index contributed by atoms with van der Waals surface area (Å²) in [4.78, 5) is 20.7. The summed E-state index contributed by atoms with van der Waals surface area (Å²) in [6.45, 7) is 3.38. The van der Waals surface area contributed by atoms with E-state index in [2.05, 4.69) is 9.88 Å². The summed E-state index contributed by atoms with van der Waals surface area (Å²) in [5, 5.41) is 0. The number of benzene rings is 1. The number of nitrogens with two attached hydrogens (primary N) is 1. The molecule has 1 aromatic heterocycles. The number of hydrogen-bond acceptors (Lipinski definition) is 4. The number of aromatic nitrogens is 1. The molecule has 1 aliphatic rings. The van der Waals surface area contributed by atoms with E-state index < -0.39 is 0 Å². The SMILES string of the molecule is CC(=O)N(c1ccccc1)C1CCN(c2cc(N)ccn2)CC1. The third-order valence-electron chi connectivity index (χ3n) is 4.30. The molecule has 1 saturated heterocycles. The number of para-hydroxylation sites is 1. The number of piperidine rings is 1. The molecule has 5 nitrogen and oxygen atoms in total. The molecule has 0 radical (unpaired) electrons. The Hall–Kier alpha value is -2.56. The Balaban J connectivity index is 1.71. The van der Waals surface area contributed by atoms with Gasteiger partial charge in [0.2, 0.25) is 5.91 Å². The molecule has 0 spiro atoms. The largest absolute Gasteiger partial charge is 0.399 e. The first kappa shape index (κ1) is 15.3. The highest BCUT2D eigenvalue weighted by Crippen LogP contribution is 2.26. The first-order valence-corrected chi connectivity index (χ1v) is 7.96. The summed E-state index contributed by atoms with van der Waals surface area (Å²) in [6.07, 6.45) is 3.58. The summed E-state index contributed by atoms with van der Waals surface area (Å²) in [6, 6.07) is 13.8. The molecule has 2 heterocycles. The van der Waals surface area contributed by atoms with Crippen LogP contribution < -0.4 is 15.5 Å². The zero-order valence-corrected chi connectivity index (χ0v) is 13.4. The van der Waals surface area contributed by atoms with Gasteiger partial charge >= 0.3 is 0 Å². The van der Waals surface area contributed by atoms with Crippen molar-refractivity contribution in [2.45, 2.75) is 25.8 Å². The molecular formula is C18H22N4O. The molecule has 1 fully saturated rings. The van der Waals surface area contributed by atoms with Crippen LogP contribution in [-0.2, 0) is 4.79 Å². The third-order valence-corrected chi connectivity index (χ3v) is 4.30. The van der Waals surface area contributed by atoms with Crippen LogP contribution in [0.5, 0.6) is 0 Å². The topological polar surface area (TPSA) is 62.5 Å². The predicted molar refractivity (Wildman–Crippen MR) is 93.5 cm³/mol. The average molecular weight is 310 g/mol. The summed E-state index contributed by atoms with van der Waals surface area (Å²) >= 11 is 0. The van der Waals surface area contributed by atoms with E-state index in [0.717, 1.165) is 43.1 Å². The van der Waals surface area contributed by atoms with E-state index in [1.165, 1.54) is 0 Å². The summed E-state index contributed by atoms with van der Waals surface area (Å²) < 4.78 is 0. The van der Waals surface area contributed by atoms with Gasteiger partial charge in [-0.3, -0.25) is 4.79 Å². The van der Waals surface area contributed by atoms with E-state index >= 15 is 0 Å². The van der Waals surface area contributed by atoms with Gasteiger partial charge < -0.3 is 15.5 Å². The second-order valence-electron chi connectivity index (χ2n) is 5.89. The molecule has 1 aliphatic heterocycles. The Morgan fingerprint density at radius 2 is 1.91 bits per heavy atom. The number of anilines is 3. The van der Waals surface area contributed by atoms with Crippen LogP contribution in [0, 0.1) is 0 Å². The van der Waals surface area contributed by atoms with E-state index in [4.69, 9.17) is 5.73 Å². The monoisotopic (exact) mass is 310 g/mol. The molecular weight excluding hydrogens is 288 g/mol. The second-order valence-corrected chi connectivity index (χ2v) is 5.89. The van der Waals surface area contributed by atoms with Gasteiger partial charge in [0, 0.05) is 49.7 Å². The van der Waals surface area contributed by atoms with Crippen LogP contribution in [0.25, 0.3) is 0 Å². The highest BCUT2D eigenvalue weighted by Gasteiger charge is 2.27. The molecule has 5 heteroatoms. The molecule has 2 N–H and O–H groups in total. The Kier molecular flexibility index (Phi) is 4.46. The van der Waals surface area contributed by atoms with Crippen molar-refractivity contribution in [1.82, 2.24) is 4.98 Å². The fourth-order valence-electron chi connectivity index (χ4n) is 3.20. The molecule has 120 valence electrons. The number of amides is 1. The zero-order chi connectivity index (χ0) is 16.2. The van der Waals surface area contributed by atoms with Gasteiger partial charge in [-0.05, 0) is 31.0 Å².